The van der Waals surface area contributed by atoms with Gasteiger partial charge in [0.1, 0.15) is 12.2 Å². The van der Waals surface area contributed by atoms with Gasteiger partial charge in [-0.15, -0.1) is 0 Å². The van der Waals surface area contributed by atoms with E-state index < -0.39 is 33.9 Å². The van der Waals surface area contributed by atoms with Crippen LogP contribution in [0.2, 0.25) is 0 Å². The third-order valence-corrected chi connectivity index (χ3v) is 6.47. The quantitative estimate of drug-likeness (QED) is 0.210. The first kappa shape index (κ1) is 27.9. The molecule has 0 N–H and O–H groups in total. The first-order valence-corrected chi connectivity index (χ1v) is 13.3. The Kier molecular flexibility index (Phi) is 7.02. The molecule has 0 saturated heterocycles. The topological polar surface area (TPSA) is 89.4 Å². The summed E-state index contributed by atoms with van der Waals surface area (Å²) in [4.78, 5) is 40.1. The largest absolute Gasteiger partial charge is 0.444 e. The molecule has 3 heterocycles. The van der Waals surface area contributed by atoms with Gasteiger partial charge in [-0.05, 0) is 32.9 Å². The van der Waals surface area contributed by atoms with E-state index in [1.165, 1.54) is 21.5 Å². The van der Waals surface area contributed by atoms with Crippen LogP contribution in [-0.2, 0) is 16.5 Å². The normalized spacial score (nSPS) is 12.3. The standard InChI is InChI=1S/C28H25Cl3N4O5/c1-27(2,3)40-26(38)34-15-23(19-13-32(4)20-11-7-5-9-17(19)20)35(24(34)36)22-14-33(21-12-8-6-10-18(21)22)25(37)39-16-28(29,30)31/h5-15H,16H2,1-4H3. The van der Waals surface area contributed by atoms with E-state index in [4.69, 9.17) is 44.3 Å². The van der Waals surface area contributed by atoms with Crippen molar-refractivity contribution in [3.63, 3.8) is 0 Å². The van der Waals surface area contributed by atoms with Gasteiger partial charge in [0, 0.05) is 47.5 Å². The van der Waals surface area contributed by atoms with Crippen molar-refractivity contribution in [3.8, 4) is 16.9 Å². The van der Waals surface area contributed by atoms with Crippen LogP contribution in [-0.4, -0.2) is 46.5 Å². The fraction of sp³-hybridized carbons (Fsp3) is 0.250. The number of carbonyl (C=O) groups excluding carboxylic acids is 2. The molecule has 0 fully saturated rings. The van der Waals surface area contributed by atoms with Crippen molar-refractivity contribution in [1.29, 1.82) is 0 Å². The first-order valence-electron chi connectivity index (χ1n) is 12.2. The van der Waals surface area contributed by atoms with Crippen LogP contribution in [0.3, 0.4) is 0 Å². The van der Waals surface area contributed by atoms with E-state index in [0.717, 1.165) is 15.5 Å². The predicted molar refractivity (Wildman–Crippen MR) is 156 cm³/mol. The highest BCUT2D eigenvalue weighted by atomic mass is 35.6. The number of alkyl halides is 3. The number of ether oxygens (including phenoxy) is 2. The highest BCUT2D eigenvalue weighted by molar-refractivity contribution is 6.67. The lowest BCUT2D eigenvalue weighted by Gasteiger charge is -2.18. The average Bonchev–Trinajstić information content (AvgIpc) is 3.52. The first-order chi connectivity index (χ1) is 18.7. The van der Waals surface area contributed by atoms with Gasteiger partial charge in [-0.3, -0.25) is 9.13 Å². The molecule has 0 saturated carbocycles. The molecule has 0 aliphatic rings. The lowest BCUT2D eigenvalue weighted by molar-refractivity contribution is 0.0530. The minimum Gasteiger partial charge on any atom is -0.444 e. The number of aromatic nitrogens is 4. The van der Waals surface area contributed by atoms with E-state index >= 15 is 0 Å². The van der Waals surface area contributed by atoms with Crippen LogP contribution in [0.4, 0.5) is 9.59 Å². The molecule has 0 unspecified atom stereocenters. The third kappa shape index (κ3) is 5.24. The number of benzene rings is 2. The number of rotatable bonds is 3. The molecular weight excluding hydrogens is 579 g/mol. The summed E-state index contributed by atoms with van der Waals surface area (Å²) in [6.45, 7) is 4.67. The summed E-state index contributed by atoms with van der Waals surface area (Å²) in [6, 6.07) is 14.7. The molecule has 3 aromatic heterocycles. The van der Waals surface area contributed by atoms with Crippen molar-refractivity contribution in [2.75, 3.05) is 6.61 Å². The molecule has 40 heavy (non-hydrogen) atoms. The molecule has 0 amide bonds. The molecule has 208 valence electrons. The van der Waals surface area contributed by atoms with Crippen LogP contribution < -0.4 is 5.69 Å². The minimum atomic E-state index is -1.80. The molecule has 0 spiro atoms. The lowest BCUT2D eigenvalue weighted by atomic mass is 10.1. The number of carbonyl (C=O) groups is 2. The Morgan fingerprint density at radius 1 is 0.825 bits per heavy atom. The van der Waals surface area contributed by atoms with Gasteiger partial charge in [-0.1, -0.05) is 71.2 Å². The Labute approximate surface area is 244 Å². The number of fused-ring (bicyclic) bond motifs is 2. The number of halogens is 3. The van der Waals surface area contributed by atoms with Crippen molar-refractivity contribution in [3.05, 3.63) is 77.6 Å². The van der Waals surface area contributed by atoms with Gasteiger partial charge < -0.3 is 14.0 Å². The maximum absolute atomic E-state index is 14.0. The summed E-state index contributed by atoms with van der Waals surface area (Å²) in [6.07, 6.45) is 3.15. The molecule has 0 aliphatic carbocycles. The molecule has 0 bridgehead atoms. The van der Waals surface area contributed by atoms with E-state index in [1.54, 1.807) is 45.0 Å². The summed E-state index contributed by atoms with van der Waals surface area (Å²) < 4.78 is 14.4. The van der Waals surface area contributed by atoms with Crippen LogP contribution in [0.5, 0.6) is 0 Å². The fourth-order valence-electron chi connectivity index (χ4n) is 4.56. The van der Waals surface area contributed by atoms with E-state index in [0.29, 0.717) is 27.8 Å². The van der Waals surface area contributed by atoms with Crippen molar-refractivity contribution in [2.45, 2.75) is 30.2 Å². The zero-order valence-electron chi connectivity index (χ0n) is 22.0. The Hall–Kier alpha value is -3.66. The monoisotopic (exact) mass is 602 g/mol. The highest BCUT2D eigenvalue weighted by Gasteiger charge is 2.28. The van der Waals surface area contributed by atoms with Crippen molar-refractivity contribution < 1.29 is 19.1 Å². The summed E-state index contributed by atoms with van der Waals surface area (Å²) in [5, 5.41) is 1.42. The maximum atomic E-state index is 14.0. The van der Waals surface area contributed by atoms with Gasteiger partial charge in [0.05, 0.1) is 16.9 Å². The van der Waals surface area contributed by atoms with Crippen LogP contribution in [0, 0.1) is 0 Å². The average molecular weight is 604 g/mol. The number of hydrogen-bond donors (Lipinski definition) is 0. The zero-order valence-corrected chi connectivity index (χ0v) is 24.3. The van der Waals surface area contributed by atoms with Gasteiger partial charge in [0.25, 0.3) is 0 Å². The molecule has 2 aromatic carbocycles. The minimum absolute atomic E-state index is 0.344. The van der Waals surface area contributed by atoms with Crippen LogP contribution in [0.25, 0.3) is 38.8 Å². The summed E-state index contributed by atoms with van der Waals surface area (Å²) in [5.74, 6) is 0. The smallest absolute Gasteiger partial charge is 0.422 e. The molecule has 5 aromatic rings. The second-order valence-corrected chi connectivity index (χ2v) is 12.7. The number of hydrogen-bond acceptors (Lipinski definition) is 5. The summed E-state index contributed by atoms with van der Waals surface area (Å²) >= 11 is 17.3. The Morgan fingerprint density at radius 2 is 1.45 bits per heavy atom. The Morgan fingerprint density at radius 3 is 2.10 bits per heavy atom. The van der Waals surface area contributed by atoms with Gasteiger partial charge >= 0.3 is 17.9 Å². The molecular formula is C28H25Cl3N4O5. The summed E-state index contributed by atoms with van der Waals surface area (Å²) in [7, 11) is 1.89. The van der Waals surface area contributed by atoms with Crippen LogP contribution in [0.1, 0.15) is 20.8 Å². The van der Waals surface area contributed by atoms with Crippen LogP contribution in [0.15, 0.2) is 71.9 Å². The SMILES string of the molecule is Cn1cc(-c2cn(C(=O)OC(C)(C)C)c(=O)n2-c2cn(C(=O)OCC(Cl)(Cl)Cl)c3ccccc23)c2ccccc21. The van der Waals surface area contributed by atoms with Gasteiger partial charge in [-0.2, -0.15) is 0 Å². The summed E-state index contributed by atoms with van der Waals surface area (Å²) in [5.41, 5.74) is 1.34. The number of aryl methyl sites for hydroxylation is 1. The number of para-hydroxylation sites is 2. The second-order valence-electron chi connectivity index (χ2n) is 10.2. The van der Waals surface area contributed by atoms with Gasteiger partial charge in [0.15, 0.2) is 0 Å². The fourth-order valence-corrected chi connectivity index (χ4v) is 4.72. The molecule has 9 nitrogen and oxygen atoms in total. The number of imidazole rings is 1. The highest BCUT2D eigenvalue weighted by Crippen LogP contribution is 2.34. The lowest BCUT2D eigenvalue weighted by Crippen LogP contribution is -2.33. The molecule has 0 aliphatic heterocycles. The molecule has 12 heteroatoms. The van der Waals surface area contributed by atoms with Crippen molar-refractivity contribution in [1.82, 2.24) is 18.3 Å². The maximum Gasteiger partial charge on any atom is 0.422 e. The second kappa shape index (κ2) is 10.1. The number of nitrogens with zero attached hydrogens (tertiary/aromatic N) is 4. The molecule has 0 atom stereocenters. The van der Waals surface area contributed by atoms with Gasteiger partial charge in [-0.25, -0.2) is 19.0 Å². The van der Waals surface area contributed by atoms with E-state index in [2.05, 4.69) is 0 Å². The van der Waals surface area contributed by atoms with E-state index in [-0.39, 0.29) is 0 Å². The van der Waals surface area contributed by atoms with Crippen LogP contribution >= 0.6 is 34.8 Å². The Balaban J connectivity index is 1.77. The van der Waals surface area contributed by atoms with E-state index in [1.807, 2.05) is 42.1 Å². The van der Waals surface area contributed by atoms with E-state index in [9.17, 15) is 14.4 Å². The Bertz CT molecular complexity index is 1830. The molecule has 5 rings (SSSR count). The van der Waals surface area contributed by atoms with Gasteiger partial charge in [0.2, 0.25) is 3.79 Å². The van der Waals surface area contributed by atoms with Crippen molar-refractivity contribution in [2.24, 2.45) is 7.05 Å². The molecule has 0 radical (unpaired) electrons. The third-order valence-electron chi connectivity index (χ3n) is 6.14. The zero-order chi connectivity index (χ0) is 29.0. The van der Waals surface area contributed by atoms with Crippen molar-refractivity contribution >= 4 is 68.8 Å². The predicted octanol–water partition coefficient (Wildman–Crippen LogP) is 6.89.